The Bertz CT molecular complexity index is 683. The van der Waals surface area contributed by atoms with Gasteiger partial charge in [-0.25, -0.2) is 0 Å². The Labute approximate surface area is 140 Å². The lowest BCUT2D eigenvalue weighted by Crippen LogP contribution is -2.41. The average Bonchev–Trinajstić information content (AvgIpc) is 2.49. The van der Waals surface area contributed by atoms with Gasteiger partial charge in [0.05, 0.1) is 0 Å². The van der Waals surface area contributed by atoms with Gasteiger partial charge in [-0.3, -0.25) is 0 Å². The molecule has 0 atom stereocenters. The normalized spacial score (nSPS) is 16.3. The molecule has 0 fully saturated rings. The van der Waals surface area contributed by atoms with Crippen LogP contribution >= 0.6 is 0 Å². The first-order valence-corrected chi connectivity index (χ1v) is 8.62. The van der Waals surface area contributed by atoms with Crippen molar-refractivity contribution in [2.24, 2.45) is 0 Å². The highest BCUT2D eigenvalue weighted by Crippen LogP contribution is 2.42. The Morgan fingerprint density at radius 1 is 1.00 bits per heavy atom. The van der Waals surface area contributed by atoms with Crippen molar-refractivity contribution < 1.29 is 0 Å². The fraction of sp³-hybridized carbons (Fsp3) is 0.429. The Balaban J connectivity index is 1.95. The first-order chi connectivity index (χ1) is 10.9. The van der Waals surface area contributed by atoms with Crippen molar-refractivity contribution >= 4 is 17.1 Å². The van der Waals surface area contributed by atoms with Crippen LogP contribution in [0.1, 0.15) is 45.2 Å². The molecule has 0 radical (unpaired) electrons. The zero-order chi connectivity index (χ0) is 16.6. The third kappa shape index (κ3) is 3.21. The van der Waals surface area contributed by atoms with Gasteiger partial charge in [0.1, 0.15) is 0 Å². The number of anilines is 3. The van der Waals surface area contributed by atoms with Gasteiger partial charge in [-0.1, -0.05) is 37.6 Å². The minimum absolute atomic E-state index is 0.253. The summed E-state index contributed by atoms with van der Waals surface area (Å²) in [6, 6.07) is 15.9. The van der Waals surface area contributed by atoms with E-state index in [2.05, 4.69) is 87.3 Å². The van der Waals surface area contributed by atoms with Gasteiger partial charge >= 0.3 is 0 Å². The second-order valence-electron chi connectivity index (χ2n) is 7.64. The van der Waals surface area contributed by atoms with E-state index in [-0.39, 0.29) is 5.41 Å². The molecule has 0 aliphatic carbocycles. The Morgan fingerprint density at radius 2 is 1.65 bits per heavy atom. The molecule has 0 amide bonds. The van der Waals surface area contributed by atoms with Gasteiger partial charge in [-0.2, -0.15) is 0 Å². The molecule has 0 unspecified atom stereocenters. The van der Waals surface area contributed by atoms with Crippen LogP contribution in [0.4, 0.5) is 17.1 Å². The fourth-order valence-electron chi connectivity index (χ4n) is 3.41. The van der Waals surface area contributed by atoms with Gasteiger partial charge in [0.15, 0.2) is 0 Å². The largest absolute Gasteiger partial charge is 0.369 e. The van der Waals surface area contributed by atoms with E-state index in [0.29, 0.717) is 6.04 Å². The van der Waals surface area contributed by atoms with Crippen molar-refractivity contribution in [3.63, 3.8) is 0 Å². The van der Waals surface area contributed by atoms with Crippen LogP contribution in [0, 0.1) is 6.92 Å². The zero-order valence-corrected chi connectivity index (χ0v) is 15.0. The minimum atomic E-state index is 0.253. The van der Waals surface area contributed by atoms with Gasteiger partial charge in [-0.05, 0) is 62.4 Å². The number of fused-ring (bicyclic) bond motifs is 1. The lowest BCUT2D eigenvalue weighted by atomic mass is 9.77. The molecule has 23 heavy (non-hydrogen) atoms. The number of aryl methyl sites for hydroxylation is 1. The molecule has 2 aromatic rings. The van der Waals surface area contributed by atoms with E-state index in [0.717, 1.165) is 17.9 Å². The highest BCUT2D eigenvalue weighted by Gasteiger charge is 2.32. The smallest absolute Gasteiger partial charge is 0.0427 e. The lowest BCUT2D eigenvalue weighted by molar-refractivity contribution is 0.442. The first kappa shape index (κ1) is 15.9. The summed E-state index contributed by atoms with van der Waals surface area (Å²) in [6.45, 7) is 12.5. The van der Waals surface area contributed by atoms with Crippen LogP contribution in [0.25, 0.3) is 0 Å². The molecular formula is C21H28N2. The summed E-state index contributed by atoms with van der Waals surface area (Å²) in [5.74, 6) is 0. The summed E-state index contributed by atoms with van der Waals surface area (Å²) in [4.78, 5) is 2.53. The van der Waals surface area contributed by atoms with E-state index >= 15 is 0 Å². The van der Waals surface area contributed by atoms with Gasteiger partial charge in [0, 0.05) is 29.6 Å². The Hall–Kier alpha value is -1.96. The highest BCUT2D eigenvalue weighted by atomic mass is 15.2. The minimum Gasteiger partial charge on any atom is -0.369 e. The van der Waals surface area contributed by atoms with E-state index in [1.54, 1.807) is 0 Å². The SMILES string of the molecule is Cc1ccc(Nc2ccc3c(c2)N(C(C)C)CCC3(C)C)cc1. The van der Waals surface area contributed by atoms with E-state index in [9.17, 15) is 0 Å². The summed E-state index contributed by atoms with van der Waals surface area (Å²) < 4.78 is 0. The molecule has 0 bridgehead atoms. The number of benzene rings is 2. The van der Waals surface area contributed by atoms with Crippen LogP contribution in [0.5, 0.6) is 0 Å². The average molecular weight is 308 g/mol. The predicted molar refractivity (Wildman–Crippen MR) is 101 cm³/mol. The van der Waals surface area contributed by atoms with Crippen LogP contribution in [0.2, 0.25) is 0 Å². The van der Waals surface area contributed by atoms with Gasteiger partial charge in [0.25, 0.3) is 0 Å². The van der Waals surface area contributed by atoms with E-state index in [4.69, 9.17) is 0 Å². The number of nitrogens with one attached hydrogen (secondary N) is 1. The summed E-state index contributed by atoms with van der Waals surface area (Å²) in [6.07, 6.45) is 1.21. The van der Waals surface area contributed by atoms with Gasteiger partial charge in [0.2, 0.25) is 0 Å². The maximum atomic E-state index is 3.54. The van der Waals surface area contributed by atoms with Gasteiger partial charge in [-0.15, -0.1) is 0 Å². The monoisotopic (exact) mass is 308 g/mol. The highest BCUT2D eigenvalue weighted by molar-refractivity contribution is 5.70. The second kappa shape index (κ2) is 5.92. The molecule has 2 heteroatoms. The molecule has 1 heterocycles. The van der Waals surface area contributed by atoms with Crippen molar-refractivity contribution in [3.05, 3.63) is 53.6 Å². The number of rotatable bonds is 3. The summed E-state index contributed by atoms with van der Waals surface area (Å²) in [5.41, 5.74) is 6.69. The van der Waals surface area contributed by atoms with Crippen molar-refractivity contribution in [1.29, 1.82) is 0 Å². The van der Waals surface area contributed by atoms with Crippen molar-refractivity contribution in [2.45, 2.75) is 52.5 Å². The molecule has 0 aromatic heterocycles. The molecule has 0 saturated carbocycles. The summed E-state index contributed by atoms with van der Waals surface area (Å²) in [5, 5.41) is 3.54. The Kier molecular flexibility index (Phi) is 4.09. The van der Waals surface area contributed by atoms with Crippen molar-refractivity contribution in [3.8, 4) is 0 Å². The molecule has 1 aliphatic rings. The van der Waals surface area contributed by atoms with E-state index < -0.39 is 0 Å². The Morgan fingerprint density at radius 3 is 2.30 bits per heavy atom. The molecule has 0 saturated heterocycles. The first-order valence-electron chi connectivity index (χ1n) is 8.62. The number of nitrogens with zero attached hydrogens (tertiary/aromatic N) is 1. The van der Waals surface area contributed by atoms with Crippen LogP contribution in [-0.4, -0.2) is 12.6 Å². The fourth-order valence-corrected chi connectivity index (χ4v) is 3.41. The van der Waals surface area contributed by atoms with Crippen LogP contribution in [0.3, 0.4) is 0 Å². The molecule has 122 valence electrons. The predicted octanol–water partition coefficient (Wildman–Crippen LogP) is 5.63. The topological polar surface area (TPSA) is 15.3 Å². The van der Waals surface area contributed by atoms with Crippen LogP contribution < -0.4 is 10.2 Å². The quantitative estimate of drug-likeness (QED) is 0.790. The van der Waals surface area contributed by atoms with Gasteiger partial charge < -0.3 is 10.2 Å². The number of hydrogen-bond acceptors (Lipinski definition) is 2. The molecular weight excluding hydrogens is 280 g/mol. The van der Waals surface area contributed by atoms with Crippen LogP contribution in [0.15, 0.2) is 42.5 Å². The molecule has 0 spiro atoms. The van der Waals surface area contributed by atoms with E-state index in [1.165, 1.54) is 23.2 Å². The molecule has 2 aromatic carbocycles. The molecule has 1 N–H and O–H groups in total. The molecule has 3 rings (SSSR count). The van der Waals surface area contributed by atoms with Crippen LogP contribution in [-0.2, 0) is 5.41 Å². The maximum absolute atomic E-state index is 3.54. The second-order valence-corrected chi connectivity index (χ2v) is 7.64. The molecule has 1 aliphatic heterocycles. The van der Waals surface area contributed by atoms with Crippen molar-refractivity contribution in [1.82, 2.24) is 0 Å². The summed E-state index contributed by atoms with van der Waals surface area (Å²) >= 11 is 0. The third-order valence-electron chi connectivity index (χ3n) is 4.98. The lowest BCUT2D eigenvalue weighted by Gasteiger charge is -2.42. The number of hydrogen-bond donors (Lipinski definition) is 1. The van der Waals surface area contributed by atoms with E-state index in [1.807, 2.05) is 0 Å². The molecule has 2 nitrogen and oxygen atoms in total. The standard InChI is InChI=1S/C21H28N2/c1-15(2)23-13-12-21(4,5)19-11-10-18(14-20(19)23)22-17-8-6-16(3)7-9-17/h6-11,14-15,22H,12-13H2,1-5H3. The summed E-state index contributed by atoms with van der Waals surface area (Å²) in [7, 11) is 0. The maximum Gasteiger partial charge on any atom is 0.0427 e. The van der Waals surface area contributed by atoms with Crippen molar-refractivity contribution in [2.75, 3.05) is 16.8 Å². The zero-order valence-electron chi connectivity index (χ0n) is 15.0. The third-order valence-corrected chi connectivity index (χ3v) is 4.98.